The number of carboxylic acid groups (broad SMARTS) is 4. The minimum Gasteiger partial charge on any atom is -0.550 e. The van der Waals surface area contributed by atoms with Crippen molar-refractivity contribution >= 4 is 76.9 Å². The average Bonchev–Trinajstić information content (AvgIpc) is 1.70. The number of aliphatic hydroxyl groups is 2. The Morgan fingerprint density at radius 3 is 1.14 bits per heavy atom. The zero-order valence-electron chi connectivity index (χ0n) is 79.2. The highest BCUT2D eigenvalue weighted by Gasteiger charge is 2.01. The number of carboxylic acids is 4. The van der Waals surface area contributed by atoms with Crippen LogP contribution in [0.15, 0.2) is 97.6 Å². The van der Waals surface area contributed by atoms with Gasteiger partial charge in [0.1, 0.15) is 17.6 Å². The normalized spacial score (nSPS) is 8.91. The van der Waals surface area contributed by atoms with E-state index < -0.39 is 36.2 Å². The number of carbonyl (C=O) groups excluding carboxylic acids is 6. The monoisotopic (exact) mass is 1710 g/mol. The molecule has 1 unspecified atom stereocenters. The van der Waals surface area contributed by atoms with Gasteiger partial charge in [-0.2, -0.15) is 24.4 Å². The Bertz CT molecular complexity index is 2580. The molecule has 0 aliphatic rings. The number of quaternary nitrogens is 2. The van der Waals surface area contributed by atoms with Gasteiger partial charge in [0.15, 0.2) is 0 Å². The molecule has 0 spiro atoms. The second kappa shape index (κ2) is 132. The van der Waals surface area contributed by atoms with Crippen LogP contribution in [0, 0.1) is 23.7 Å². The molecular weight excluding hydrogens is 1520 g/mol. The number of hydrogen-bond acceptors (Lipinski definition) is 15. The number of hydrogen-bond donors (Lipinski definition) is 13. The molecular formula is C92H188N10O13S2. The summed E-state index contributed by atoms with van der Waals surface area (Å²) in [5.41, 5.74) is 33.6. The fourth-order valence-corrected chi connectivity index (χ4v) is 5.87. The van der Waals surface area contributed by atoms with E-state index in [0.717, 1.165) is 81.7 Å². The number of unbranched alkanes of at least 4 members (excludes halogenated alkanes) is 4. The molecule has 0 aliphatic heterocycles. The fourth-order valence-electron chi connectivity index (χ4n) is 5.47. The van der Waals surface area contributed by atoms with E-state index in [0.29, 0.717) is 31.0 Å². The van der Waals surface area contributed by atoms with Crippen LogP contribution in [0.3, 0.4) is 0 Å². The number of aryl methyl sites for hydroxylation is 4. The number of primary amides is 2. The van der Waals surface area contributed by atoms with Gasteiger partial charge in [-0.15, -0.1) is 0 Å². The predicted molar refractivity (Wildman–Crippen MR) is 502 cm³/mol. The molecule has 3 aromatic carbocycles. The van der Waals surface area contributed by atoms with Gasteiger partial charge in [0.2, 0.25) is 18.1 Å². The van der Waals surface area contributed by atoms with Crippen LogP contribution >= 0.6 is 24.4 Å². The lowest BCUT2D eigenvalue weighted by atomic mass is 10.1. The van der Waals surface area contributed by atoms with Gasteiger partial charge >= 0.3 is 5.96 Å². The van der Waals surface area contributed by atoms with Crippen LogP contribution in [0.2, 0.25) is 0 Å². The maximum absolute atomic E-state index is 9.83. The number of guanidine groups is 1. The number of nitrogens with two attached hydrogens (primary N) is 4. The number of thiol groups is 1. The zero-order chi connectivity index (χ0) is 93.9. The number of thioether (sulfide) groups is 1. The Morgan fingerprint density at radius 1 is 0.547 bits per heavy atom. The summed E-state index contributed by atoms with van der Waals surface area (Å²) in [4.78, 5) is 69.7. The van der Waals surface area contributed by atoms with Gasteiger partial charge in [0, 0.05) is 78.9 Å². The van der Waals surface area contributed by atoms with Crippen LogP contribution < -0.4 is 64.8 Å². The van der Waals surface area contributed by atoms with Crippen LogP contribution in [-0.4, -0.2) is 117 Å². The molecule has 0 aliphatic carbocycles. The lowest BCUT2D eigenvalue weighted by Crippen LogP contribution is -2.78. The van der Waals surface area contributed by atoms with E-state index in [4.69, 9.17) is 32.5 Å². The standard InChI is InChI=1S/C10H11N.C8H10O.C8H10.C5H13N3.C5H8N2.C5H13N.C5H8O4.2C5H12.C4H9NO.C4H11N.C4H8O2.C4H10S.C4H10.C3H7NO.C3H6O2.C3H8O.C2H6O.C2H6S.C2H6.CH4/c1-2-8-7-11-10-6-4-3-5-9(8)10;1-2-7-3-5-8(9)6-4-7;1-2-8-6-4-3-5-7-8;1-2-3-4-8-5(6)7;1-2-5-3-6-4-7-5;1-2-3-4-5-6;1-3(5(8)9)2-4(6)7;2*1-4-5(2)3;1-2-3-4(5)6;1-2-3-4-5;1-2-3-4(5)6;1-3-4-5-2;1-4(2)3;2*1-2-3(4)5;1-3(2)4;2*1-2-3;1-2;/h3-7,11H,2H2,1H3;3-6,9H,2H2,1H3;3-7H,2H2,1H3;2-4H2,1H3,(H4,6,7,8);3-4H,2H2,1H3,(H,6,7);2-6H2,1H3;3H,2H2,1H3,(H,6,7)(H,8,9);2*5H,4H2,1-3H3;2-3H2,1H3,(H2,5,6);2-5H2,1H3;2-3H2,1H3,(H,5,6);3-4H2,1-2H3;4H,1-3H3;2H2,1H3,(H2,4,5);2H2,1H3,(H,4,5);3-4H,1-2H3;2*3H,2H2,1H3;1-2H3;1H4. The second-order valence-corrected chi connectivity index (χ2v) is 27.9. The number of carbonyl (C=O) groups is 6. The first-order valence-corrected chi connectivity index (χ1v) is 44.5. The van der Waals surface area contributed by atoms with Gasteiger partial charge in [-0.05, 0) is 168 Å². The maximum atomic E-state index is 9.83. The molecule has 0 radical (unpaired) electrons. The van der Waals surface area contributed by atoms with E-state index in [2.05, 4.69) is 228 Å². The highest BCUT2D eigenvalue weighted by atomic mass is 32.2. The summed E-state index contributed by atoms with van der Waals surface area (Å²) in [5, 5.41) is 64.1. The number of rotatable bonds is 25. The Balaban J connectivity index is -0.0000000662. The number of para-hydroxylation sites is 1. The number of aromatic nitrogens is 3. The van der Waals surface area contributed by atoms with Crippen molar-refractivity contribution in [3.8, 4) is 5.75 Å². The van der Waals surface area contributed by atoms with Crippen molar-refractivity contribution in [3.05, 3.63) is 120 Å². The fraction of sp³-hybridized carbons (Fsp3) is 0.674. The number of aromatic amines is 3. The third-order valence-electron chi connectivity index (χ3n) is 12.5. The van der Waals surface area contributed by atoms with Crippen LogP contribution in [0.25, 0.3) is 10.9 Å². The highest BCUT2D eigenvalue weighted by Crippen LogP contribution is 2.17. The maximum Gasteiger partial charge on any atom is 0.338 e. The largest absolute Gasteiger partial charge is 0.550 e. The first kappa shape index (κ1) is 148. The second-order valence-electron chi connectivity index (χ2n) is 26.3. The summed E-state index contributed by atoms with van der Waals surface area (Å²) in [6.07, 6.45) is 27.2. The summed E-state index contributed by atoms with van der Waals surface area (Å²) in [5.74, 6) is -0.596. The van der Waals surface area contributed by atoms with Crippen molar-refractivity contribution < 1.29 is 86.0 Å². The van der Waals surface area contributed by atoms with Gasteiger partial charge in [0.05, 0.1) is 19.6 Å². The van der Waals surface area contributed by atoms with Gasteiger partial charge < -0.3 is 82.8 Å². The molecule has 5 aromatic rings. The molecule has 21 N–H and O–H groups in total. The van der Waals surface area contributed by atoms with Crippen molar-refractivity contribution in [2.45, 2.75) is 342 Å². The van der Waals surface area contributed by atoms with Crippen LogP contribution in [0.1, 0.15) is 333 Å². The first-order chi connectivity index (χ1) is 54.6. The van der Waals surface area contributed by atoms with E-state index >= 15 is 0 Å². The van der Waals surface area contributed by atoms with Crippen molar-refractivity contribution in [1.82, 2.24) is 9.97 Å². The quantitative estimate of drug-likeness (QED) is 0.0112. The summed E-state index contributed by atoms with van der Waals surface area (Å²) in [7, 11) is 0. The molecule has 2 aromatic heterocycles. The average molecular weight is 1710 g/mol. The van der Waals surface area contributed by atoms with E-state index in [1.54, 1.807) is 46.8 Å². The number of aliphatic carboxylic acids is 4. The van der Waals surface area contributed by atoms with Gasteiger partial charge in [-0.1, -0.05) is 280 Å². The number of fused-ring (bicyclic) bond motifs is 1. The number of amides is 2. The molecule has 5 rings (SSSR count). The lowest BCUT2D eigenvalue weighted by molar-refractivity contribution is -0.459. The molecule has 0 bridgehead atoms. The van der Waals surface area contributed by atoms with E-state index in [1.165, 1.54) is 111 Å². The van der Waals surface area contributed by atoms with Crippen molar-refractivity contribution in [1.29, 1.82) is 0 Å². The minimum absolute atomic E-state index is 0. The third kappa shape index (κ3) is 195. The number of nitrogens with one attached hydrogen (secondary N) is 4. The van der Waals surface area contributed by atoms with Gasteiger partial charge in [0.25, 0.3) is 0 Å². The number of benzene rings is 3. The van der Waals surface area contributed by atoms with Crippen LogP contribution in [0.4, 0.5) is 0 Å². The van der Waals surface area contributed by atoms with E-state index in [9.17, 15) is 49.2 Å². The topological polar surface area (TPSA) is 474 Å². The number of imidazole rings is 1. The molecule has 25 heteroatoms. The smallest absolute Gasteiger partial charge is 0.338 e. The molecule has 0 fully saturated rings. The number of H-pyrrole nitrogens is 3. The Hall–Kier alpha value is -7.16. The molecule has 2 heterocycles. The summed E-state index contributed by atoms with van der Waals surface area (Å²) in [6, 6.07) is 26.1. The Kier molecular flexibility index (Phi) is 167. The molecule has 0 saturated carbocycles. The van der Waals surface area contributed by atoms with Crippen LogP contribution in [-0.2, 0) is 54.5 Å². The zero-order valence-corrected chi connectivity index (χ0v) is 80.9. The van der Waals surface area contributed by atoms with Crippen molar-refractivity contribution in [3.63, 3.8) is 0 Å². The highest BCUT2D eigenvalue weighted by molar-refractivity contribution is 7.98. The summed E-state index contributed by atoms with van der Waals surface area (Å²) in [6.45, 7) is 59.7. The molecule has 0 saturated heterocycles. The minimum atomic E-state index is -1.37. The Labute approximate surface area is 727 Å². The summed E-state index contributed by atoms with van der Waals surface area (Å²) >= 11 is 5.69. The van der Waals surface area contributed by atoms with E-state index in [1.807, 2.05) is 70.2 Å². The van der Waals surface area contributed by atoms with E-state index in [-0.39, 0.29) is 44.8 Å². The number of phenols is 1. The van der Waals surface area contributed by atoms with Gasteiger partial charge in [-0.3, -0.25) is 31.0 Å². The predicted octanol–water partition coefficient (Wildman–Crippen LogP) is 12.8. The van der Waals surface area contributed by atoms with Crippen molar-refractivity contribution in [2.75, 3.05) is 44.0 Å². The summed E-state index contributed by atoms with van der Waals surface area (Å²) < 4.78 is 0. The SMILES string of the molecule is C.CC.CC(C)C.CC(C)O.CC(CC(=O)[O-])C(=O)[O-].CCC(=O)[O-].CCC(C)C.CCC(C)C.CCC(N)=O.CCCC(=O)[O-].CCCC(N)=O.CCCCC[NH3+].CCCC[NH+]=C(N)N.CCCC[NH3+].CCCSC.CCO.CCS.CCc1c[nH+]c[nH]1.CCc1c[nH]c2ccccc12.CCc1ccc(O)cc1.CCc1ccccc1. The van der Waals surface area contributed by atoms with Crippen LogP contribution in [0.5, 0.6) is 5.75 Å². The third-order valence-corrected chi connectivity index (χ3v) is 13.3. The molecule has 23 nitrogen and oxygen atoms in total. The molecule has 117 heavy (non-hydrogen) atoms. The number of phenolic OH excluding ortho intramolecular Hbond substituents is 1. The van der Waals surface area contributed by atoms with Crippen molar-refractivity contribution in [2.24, 2.45) is 46.6 Å². The lowest BCUT2D eigenvalue weighted by Gasteiger charge is -2.11. The molecule has 2 amide bonds. The Morgan fingerprint density at radius 2 is 0.940 bits per heavy atom. The number of aliphatic hydroxyl groups excluding tert-OH is 2. The van der Waals surface area contributed by atoms with Gasteiger partial charge in [-0.25, -0.2) is 4.98 Å². The molecule has 696 valence electrons. The number of aromatic hydroxyl groups is 1. The first-order valence-electron chi connectivity index (χ1n) is 42.4. The molecule has 1 atom stereocenters.